The fourth-order valence-corrected chi connectivity index (χ4v) is 5.76. The van der Waals surface area contributed by atoms with Crippen LogP contribution >= 0.6 is 22.7 Å². The zero-order valence-corrected chi connectivity index (χ0v) is 15.1. The number of hydrogen-bond acceptors (Lipinski definition) is 4. The maximum absolute atomic E-state index is 3.54. The van der Waals surface area contributed by atoms with Gasteiger partial charge in [-0.1, -0.05) is 18.2 Å². The van der Waals surface area contributed by atoms with E-state index in [-0.39, 0.29) is 0 Å². The van der Waals surface area contributed by atoms with Gasteiger partial charge in [-0.25, -0.2) is 0 Å². The minimum atomic E-state index is 0.410. The molecule has 4 heteroatoms. The van der Waals surface area contributed by atoms with Crippen LogP contribution in [0.2, 0.25) is 0 Å². The average molecular weight is 343 g/mol. The van der Waals surface area contributed by atoms with Gasteiger partial charge in [0.15, 0.2) is 0 Å². The van der Waals surface area contributed by atoms with Gasteiger partial charge in [-0.05, 0) is 54.4 Å². The molecular weight excluding hydrogens is 320 g/mol. The van der Waals surface area contributed by atoms with Crippen molar-refractivity contribution < 1.29 is 0 Å². The third-order valence-electron chi connectivity index (χ3n) is 4.60. The van der Waals surface area contributed by atoms with Crippen LogP contribution in [0.25, 0.3) is 10.1 Å². The van der Waals surface area contributed by atoms with Crippen LogP contribution in [-0.4, -0.2) is 31.1 Å². The smallest absolute Gasteiger partial charge is 0.0793 e. The molecule has 0 bridgehead atoms. The van der Waals surface area contributed by atoms with Crippen molar-refractivity contribution in [3.63, 3.8) is 0 Å². The Labute approximate surface area is 145 Å². The first-order valence-corrected chi connectivity index (χ1v) is 10.00. The molecule has 0 spiro atoms. The second-order valence-electron chi connectivity index (χ2n) is 6.20. The fraction of sp³-hybridized carbons (Fsp3) is 0.368. The Kier molecular flexibility index (Phi) is 4.49. The highest BCUT2D eigenvalue weighted by atomic mass is 32.1. The summed E-state index contributed by atoms with van der Waals surface area (Å²) in [5.74, 6) is 0. The molecule has 1 aromatic carbocycles. The van der Waals surface area contributed by atoms with E-state index in [4.69, 9.17) is 0 Å². The van der Waals surface area contributed by atoms with E-state index in [0.29, 0.717) is 6.04 Å². The molecule has 1 aliphatic rings. The molecule has 2 nitrogen and oxygen atoms in total. The monoisotopic (exact) mass is 342 g/mol. The highest BCUT2D eigenvalue weighted by Crippen LogP contribution is 2.40. The molecule has 1 fully saturated rings. The average Bonchev–Trinajstić information content (AvgIpc) is 3.07. The lowest BCUT2D eigenvalue weighted by Gasteiger charge is -2.29. The Morgan fingerprint density at radius 2 is 2.04 bits per heavy atom. The maximum atomic E-state index is 3.54. The zero-order chi connectivity index (χ0) is 15.6. The van der Waals surface area contributed by atoms with E-state index in [2.05, 4.69) is 58.9 Å². The lowest BCUT2D eigenvalue weighted by Crippen LogP contribution is -2.32. The summed E-state index contributed by atoms with van der Waals surface area (Å²) in [5.41, 5.74) is 1.43. The predicted molar refractivity (Wildman–Crippen MR) is 102 cm³/mol. The van der Waals surface area contributed by atoms with Gasteiger partial charge in [0.05, 0.1) is 6.04 Å². The summed E-state index contributed by atoms with van der Waals surface area (Å²) in [6, 6.07) is 13.8. The van der Waals surface area contributed by atoms with Crippen LogP contribution in [0.5, 0.6) is 0 Å². The summed E-state index contributed by atoms with van der Waals surface area (Å²) in [6.07, 6.45) is 1.23. The number of rotatable bonds is 3. The van der Waals surface area contributed by atoms with Gasteiger partial charge in [0.25, 0.3) is 0 Å². The van der Waals surface area contributed by atoms with Gasteiger partial charge in [-0.3, -0.25) is 4.90 Å². The number of hydrogen-bond donors (Lipinski definition) is 1. The molecule has 0 amide bonds. The molecule has 0 aliphatic carbocycles. The molecule has 1 aliphatic heterocycles. The van der Waals surface area contributed by atoms with Crippen LogP contribution in [-0.2, 0) is 0 Å². The van der Waals surface area contributed by atoms with E-state index < -0.39 is 0 Å². The lowest BCUT2D eigenvalue weighted by molar-refractivity contribution is 0.246. The summed E-state index contributed by atoms with van der Waals surface area (Å²) >= 11 is 3.86. The van der Waals surface area contributed by atoms with E-state index in [1.54, 1.807) is 0 Å². The summed E-state index contributed by atoms with van der Waals surface area (Å²) in [6.45, 7) is 6.77. The van der Waals surface area contributed by atoms with E-state index in [0.717, 1.165) is 19.6 Å². The number of nitrogens with one attached hydrogen (secondary N) is 1. The Balaban J connectivity index is 1.79. The molecule has 0 radical (unpaired) electrons. The summed E-state index contributed by atoms with van der Waals surface area (Å²) in [4.78, 5) is 5.67. The summed E-state index contributed by atoms with van der Waals surface area (Å²) in [5, 5.41) is 7.15. The Morgan fingerprint density at radius 1 is 1.13 bits per heavy atom. The quantitative estimate of drug-likeness (QED) is 0.745. The molecule has 1 atom stereocenters. The number of benzene rings is 1. The van der Waals surface area contributed by atoms with E-state index >= 15 is 0 Å². The molecule has 3 aromatic rings. The van der Waals surface area contributed by atoms with Gasteiger partial charge < -0.3 is 5.32 Å². The second-order valence-corrected chi connectivity index (χ2v) is 8.26. The fourth-order valence-electron chi connectivity index (χ4n) is 3.40. The first-order valence-electron chi connectivity index (χ1n) is 8.30. The van der Waals surface area contributed by atoms with Crippen LogP contribution in [0.15, 0.2) is 41.8 Å². The molecule has 1 unspecified atom stereocenters. The van der Waals surface area contributed by atoms with Crippen molar-refractivity contribution >= 4 is 32.8 Å². The van der Waals surface area contributed by atoms with Gasteiger partial charge >= 0.3 is 0 Å². The first-order chi connectivity index (χ1) is 11.3. The first kappa shape index (κ1) is 15.3. The molecule has 3 heterocycles. The van der Waals surface area contributed by atoms with Crippen molar-refractivity contribution in [1.29, 1.82) is 0 Å². The molecular formula is C19H22N2S2. The molecule has 4 rings (SSSR count). The van der Waals surface area contributed by atoms with E-state index in [1.165, 1.54) is 38.4 Å². The highest BCUT2D eigenvalue weighted by Gasteiger charge is 2.27. The molecule has 23 heavy (non-hydrogen) atoms. The van der Waals surface area contributed by atoms with E-state index in [9.17, 15) is 0 Å². The number of aryl methyl sites for hydroxylation is 1. The molecule has 2 aromatic heterocycles. The highest BCUT2D eigenvalue weighted by molar-refractivity contribution is 7.19. The number of nitrogens with zero attached hydrogens (tertiary/aromatic N) is 1. The minimum Gasteiger partial charge on any atom is -0.315 e. The Morgan fingerprint density at radius 3 is 2.87 bits per heavy atom. The van der Waals surface area contributed by atoms with Gasteiger partial charge in [0, 0.05) is 34.1 Å². The third kappa shape index (κ3) is 3.09. The zero-order valence-electron chi connectivity index (χ0n) is 13.4. The largest absolute Gasteiger partial charge is 0.315 e. The molecule has 0 saturated carbocycles. The van der Waals surface area contributed by atoms with Gasteiger partial charge in [0.2, 0.25) is 0 Å². The van der Waals surface area contributed by atoms with Crippen LogP contribution in [0, 0.1) is 6.92 Å². The van der Waals surface area contributed by atoms with Crippen LogP contribution < -0.4 is 5.32 Å². The molecule has 1 N–H and O–H groups in total. The van der Waals surface area contributed by atoms with Crippen molar-refractivity contribution in [2.24, 2.45) is 0 Å². The Hall–Kier alpha value is -1.20. The van der Waals surface area contributed by atoms with Crippen LogP contribution in [0.4, 0.5) is 0 Å². The molecule has 120 valence electrons. The number of fused-ring (bicyclic) bond motifs is 1. The van der Waals surface area contributed by atoms with Gasteiger partial charge in [-0.15, -0.1) is 22.7 Å². The van der Waals surface area contributed by atoms with E-state index in [1.807, 2.05) is 22.7 Å². The summed E-state index contributed by atoms with van der Waals surface area (Å²) in [7, 11) is 0. The van der Waals surface area contributed by atoms with Crippen molar-refractivity contribution in [3.05, 3.63) is 57.1 Å². The third-order valence-corrected chi connectivity index (χ3v) is 6.84. The van der Waals surface area contributed by atoms with Crippen LogP contribution in [0.1, 0.15) is 27.8 Å². The topological polar surface area (TPSA) is 15.3 Å². The van der Waals surface area contributed by atoms with Gasteiger partial charge in [0.1, 0.15) is 0 Å². The molecule has 1 saturated heterocycles. The second kappa shape index (κ2) is 6.73. The van der Waals surface area contributed by atoms with Crippen molar-refractivity contribution in [2.75, 3.05) is 26.2 Å². The lowest BCUT2D eigenvalue weighted by atomic mass is 10.1. The Bertz CT molecular complexity index is 748. The SMILES string of the molecule is Cc1ccsc1C(c1cc2ccccc2s1)N1CCCNCC1. The minimum absolute atomic E-state index is 0.410. The van der Waals surface area contributed by atoms with Gasteiger partial charge in [-0.2, -0.15) is 0 Å². The predicted octanol–water partition coefficient (Wildman–Crippen LogP) is 4.66. The standard InChI is InChI=1S/C19H22N2S2/c1-14-7-12-22-19(14)18(21-10-4-8-20-9-11-21)17-13-15-5-2-3-6-16(15)23-17/h2-3,5-7,12-13,18,20H,4,8-11H2,1H3. The normalized spacial score (nSPS) is 18.1. The van der Waals surface area contributed by atoms with Crippen molar-refractivity contribution in [1.82, 2.24) is 10.2 Å². The van der Waals surface area contributed by atoms with Crippen molar-refractivity contribution in [2.45, 2.75) is 19.4 Å². The number of thiophene rings is 2. The maximum Gasteiger partial charge on any atom is 0.0793 e. The summed E-state index contributed by atoms with van der Waals surface area (Å²) < 4.78 is 1.40. The van der Waals surface area contributed by atoms with Crippen LogP contribution in [0.3, 0.4) is 0 Å². The van der Waals surface area contributed by atoms with Crippen molar-refractivity contribution in [3.8, 4) is 0 Å².